The molecule has 0 aromatic carbocycles. The van der Waals surface area contributed by atoms with Crippen LogP contribution in [0.1, 0.15) is 45.4 Å². The average Bonchev–Trinajstić information content (AvgIpc) is 2.34. The van der Waals surface area contributed by atoms with Gasteiger partial charge in [-0.15, -0.1) is 0 Å². The van der Waals surface area contributed by atoms with E-state index in [9.17, 15) is 9.90 Å². The molecule has 0 radical (unpaired) electrons. The van der Waals surface area contributed by atoms with E-state index in [1.807, 2.05) is 4.90 Å². The maximum absolute atomic E-state index is 12.0. The summed E-state index contributed by atoms with van der Waals surface area (Å²) in [5, 5.41) is 9.53. The summed E-state index contributed by atoms with van der Waals surface area (Å²) in [5.74, 6) is 0.762. The topological polar surface area (TPSA) is 66.6 Å². The predicted molar refractivity (Wildman–Crippen MR) is 68.5 cm³/mol. The van der Waals surface area contributed by atoms with Crippen molar-refractivity contribution < 1.29 is 9.90 Å². The summed E-state index contributed by atoms with van der Waals surface area (Å²) in [4.78, 5) is 13.8. The number of aliphatic hydroxyl groups excluding tert-OH is 1. The molecule has 0 spiro atoms. The van der Waals surface area contributed by atoms with Crippen molar-refractivity contribution in [1.29, 1.82) is 0 Å². The highest BCUT2D eigenvalue weighted by molar-refractivity contribution is 5.76. The van der Waals surface area contributed by atoms with Gasteiger partial charge in [-0.1, -0.05) is 13.3 Å². The molecule has 2 atom stereocenters. The lowest BCUT2D eigenvalue weighted by Gasteiger charge is -2.30. The fraction of sp³-hybridized carbons (Fsp3) is 0.923. The number of likely N-dealkylation sites (tertiary alicyclic amines) is 1. The molecule has 1 amide bonds. The number of aliphatic hydroxyl groups is 1. The highest BCUT2D eigenvalue weighted by atomic mass is 16.3. The SMILES string of the molecule is CCC(CCN)CCC(=O)N1CCCC(O)C1. The Balaban J connectivity index is 2.28. The molecule has 4 nitrogen and oxygen atoms in total. The van der Waals surface area contributed by atoms with Crippen LogP contribution >= 0.6 is 0 Å². The van der Waals surface area contributed by atoms with Crippen molar-refractivity contribution in [2.75, 3.05) is 19.6 Å². The van der Waals surface area contributed by atoms with Gasteiger partial charge in [0.05, 0.1) is 6.10 Å². The lowest BCUT2D eigenvalue weighted by Crippen LogP contribution is -2.42. The van der Waals surface area contributed by atoms with Crippen LogP contribution in [0.15, 0.2) is 0 Å². The normalized spacial score (nSPS) is 22.5. The Kier molecular flexibility index (Phi) is 6.52. The van der Waals surface area contributed by atoms with Crippen molar-refractivity contribution in [1.82, 2.24) is 4.90 Å². The number of carbonyl (C=O) groups excluding carboxylic acids is 1. The number of piperidine rings is 1. The quantitative estimate of drug-likeness (QED) is 0.733. The molecule has 0 bridgehead atoms. The largest absolute Gasteiger partial charge is 0.391 e. The van der Waals surface area contributed by atoms with E-state index in [-0.39, 0.29) is 12.0 Å². The van der Waals surface area contributed by atoms with Crippen LogP contribution in [0, 0.1) is 5.92 Å². The maximum Gasteiger partial charge on any atom is 0.222 e. The Bertz CT molecular complexity index is 233. The first-order valence-corrected chi connectivity index (χ1v) is 6.83. The summed E-state index contributed by atoms with van der Waals surface area (Å²) >= 11 is 0. The molecule has 1 saturated heterocycles. The summed E-state index contributed by atoms with van der Waals surface area (Å²) < 4.78 is 0. The van der Waals surface area contributed by atoms with Gasteiger partial charge in [-0.05, 0) is 38.1 Å². The molecule has 0 saturated carbocycles. The number of nitrogens with two attached hydrogens (primary N) is 1. The summed E-state index contributed by atoms with van der Waals surface area (Å²) in [6.45, 7) is 4.18. The predicted octanol–water partition coefficient (Wildman–Crippen LogP) is 1.12. The number of β-amino-alcohol motifs (C(OH)–C–C–N with tert-alkyl or cyclic N) is 1. The molecule has 1 aliphatic heterocycles. The van der Waals surface area contributed by atoms with Gasteiger partial charge in [0.25, 0.3) is 0 Å². The van der Waals surface area contributed by atoms with Gasteiger partial charge in [0.1, 0.15) is 0 Å². The van der Waals surface area contributed by atoms with Crippen LogP contribution in [0.5, 0.6) is 0 Å². The molecular formula is C13H26N2O2. The van der Waals surface area contributed by atoms with Crippen LogP contribution in [-0.2, 0) is 4.79 Å². The Morgan fingerprint density at radius 2 is 2.29 bits per heavy atom. The minimum atomic E-state index is -0.321. The van der Waals surface area contributed by atoms with Gasteiger partial charge >= 0.3 is 0 Å². The average molecular weight is 242 g/mol. The molecule has 1 aliphatic rings. The smallest absolute Gasteiger partial charge is 0.222 e. The van der Waals surface area contributed by atoms with Gasteiger partial charge in [-0.3, -0.25) is 4.79 Å². The molecule has 4 heteroatoms. The van der Waals surface area contributed by atoms with Gasteiger partial charge < -0.3 is 15.7 Å². The van der Waals surface area contributed by atoms with Crippen molar-refractivity contribution >= 4 is 5.91 Å². The zero-order chi connectivity index (χ0) is 12.7. The van der Waals surface area contributed by atoms with Crippen molar-refractivity contribution in [3.63, 3.8) is 0 Å². The van der Waals surface area contributed by atoms with E-state index in [1.54, 1.807) is 0 Å². The Morgan fingerprint density at radius 3 is 2.88 bits per heavy atom. The standard InChI is InChI=1S/C13H26N2O2/c1-2-11(7-8-14)5-6-13(17)15-9-3-4-12(16)10-15/h11-12,16H,2-10,14H2,1H3. The van der Waals surface area contributed by atoms with E-state index in [0.29, 0.717) is 25.4 Å². The second-order valence-electron chi connectivity index (χ2n) is 5.03. The fourth-order valence-corrected chi connectivity index (χ4v) is 2.46. The van der Waals surface area contributed by atoms with E-state index in [2.05, 4.69) is 6.92 Å². The van der Waals surface area contributed by atoms with E-state index in [0.717, 1.165) is 38.6 Å². The van der Waals surface area contributed by atoms with E-state index >= 15 is 0 Å². The van der Waals surface area contributed by atoms with Crippen LogP contribution < -0.4 is 5.73 Å². The van der Waals surface area contributed by atoms with Crippen LogP contribution in [-0.4, -0.2) is 41.7 Å². The maximum atomic E-state index is 12.0. The van der Waals surface area contributed by atoms with Crippen LogP contribution in [0.2, 0.25) is 0 Å². The third-order valence-corrected chi connectivity index (χ3v) is 3.67. The number of hydrogen-bond donors (Lipinski definition) is 2. The van der Waals surface area contributed by atoms with Gasteiger partial charge in [-0.2, -0.15) is 0 Å². The van der Waals surface area contributed by atoms with Crippen molar-refractivity contribution in [2.45, 2.75) is 51.6 Å². The molecule has 1 heterocycles. The third kappa shape index (κ3) is 5.04. The molecule has 100 valence electrons. The van der Waals surface area contributed by atoms with E-state index < -0.39 is 0 Å². The van der Waals surface area contributed by atoms with Gasteiger partial charge in [0, 0.05) is 19.5 Å². The molecule has 1 rings (SSSR count). The molecular weight excluding hydrogens is 216 g/mol. The molecule has 3 N–H and O–H groups in total. The fourth-order valence-electron chi connectivity index (χ4n) is 2.46. The van der Waals surface area contributed by atoms with Crippen molar-refractivity contribution in [3.8, 4) is 0 Å². The van der Waals surface area contributed by atoms with Crippen molar-refractivity contribution in [2.24, 2.45) is 11.7 Å². The molecule has 0 aromatic rings. The third-order valence-electron chi connectivity index (χ3n) is 3.67. The highest BCUT2D eigenvalue weighted by Crippen LogP contribution is 2.17. The van der Waals surface area contributed by atoms with Crippen LogP contribution in [0.25, 0.3) is 0 Å². The first-order chi connectivity index (χ1) is 8.17. The Morgan fingerprint density at radius 1 is 1.53 bits per heavy atom. The first kappa shape index (κ1) is 14.5. The molecule has 17 heavy (non-hydrogen) atoms. The molecule has 0 aromatic heterocycles. The Hall–Kier alpha value is -0.610. The number of amides is 1. The summed E-state index contributed by atoms with van der Waals surface area (Å²) in [6.07, 6.45) is 5.06. The number of carbonyl (C=O) groups is 1. The minimum absolute atomic E-state index is 0.194. The monoisotopic (exact) mass is 242 g/mol. The van der Waals surface area contributed by atoms with Gasteiger partial charge in [0.15, 0.2) is 0 Å². The molecule has 2 unspecified atom stereocenters. The summed E-state index contributed by atoms with van der Waals surface area (Å²) in [6, 6.07) is 0. The second kappa shape index (κ2) is 7.67. The number of rotatable bonds is 6. The second-order valence-corrected chi connectivity index (χ2v) is 5.03. The minimum Gasteiger partial charge on any atom is -0.391 e. The van der Waals surface area contributed by atoms with E-state index in [4.69, 9.17) is 5.73 Å². The Labute approximate surface area is 104 Å². The zero-order valence-corrected chi connectivity index (χ0v) is 10.9. The molecule has 1 fully saturated rings. The lowest BCUT2D eigenvalue weighted by molar-refractivity contribution is -0.134. The zero-order valence-electron chi connectivity index (χ0n) is 10.9. The van der Waals surface area contributed by atoms with Crippen LogP contribution in [0.4, 0.5) is 0 Å². The van der Waals surface area contributed by atoms with Crippen molar-refractivity contribution in [3.05, 3.63) is 0 Å². The van der Waals surface area contributed by atoms with Crippen LogP contribution in [0.3, 0.4) is 0 Å². The molecule has 0 aliphatic carbocycles. The lowest BCUT2D eigenvalue weighted by atomic mass is 9.96. The number of nitrogens with zero attached hydrogens (tertiary/aromatic N) is 1. The summed E-state index contributed by atoms with van der Waals surface area (Å²) in [5.41, 5.74) is 5.54. The first-order valence-electron chi connectivity index (χ1n) is 6.83. The number of hydrogen-bond acceptors (Lipinski definition) is 3. The van der Waals surface area contributed by atoms with Gasteiger partial charge in [0.2, 0.25) is 5.91 Å². The summed E-state index contributed by atoms with van der Waals surface area (Å²) in [7, 11) is 0. The van der Waals surface area contributed by atoms with Gasteiger partial charge in [-0.25, -0.2) is 0 Å². The highest BCUT2D eigenvalue weighted by Gasteiger charge is 2.22. The van der Waals surface area contributed by atoms with E-state index in [1.165, 1.54) is 0 Å².